The summed E-state index contributed by atoms with van der Waals surface area (Å²) < 4.78 is 0. The lowest BCUT2D eigenvalue weighted by atomic mass is 10.1. The second kappa shape index (κ2) is 7.46. The number of hydrogen-bond donors (Lipinski definition) is 2. The van der Waals surface area contributed by atoms with E-state index in [1.54, 1.807) is 0 Å². The molecule has 0 fully saturated rings. The number of amides is 1. The minimum atomic E-state index is 0.0148. The van der Waals surface area contributed by atoms with E-state index in [2.05, 4.69) is 41.8 Å². The first kappa shape index (κ1) is 14.3. The molecule has 0 heterocycles. The second-order valence-corrected chi connectivity index (χ2v) is 4.85. The summed E-state index contributed by atoms with van der Waals surface area (Å²) in [5.74, 6) is 0.0148. The van der Waals surface area contributed by atoms with Crippen molar-refractivity contribution < 1.29 is 4.79 Å². The fourth-order valence-electron chi connectivity index (χ4n) is 1.89. The molecule has 0 bridgehead atoms. The van der Waals surface area contributed by atoms with Crippen LogP contribution in [0.25, 0.3) is 0 Å². The van der Waals surface area contributed by atoms with Crippen LogP contribution in [0.3, 0.4) is 0 Å². The molecule has 3 nitrogen and oxygen atoms in total. The molecule has 20 heavy (non-hydrogen) atoms. The normalized spacial score (nSPS) is 10.2. The van der Waals surface area contributed by atoms with Gasteiger partial charge in [0, 0.05) is 13.1 Å². The van der Waals surface area contributed by atoms with Crippen molar-refractivity contribution in [2.45, 2.75) is 20.0 Å². The van der Waals surface area contributed by atoms with E-state index in [4.69, 9.17) is 0 Å². The first-order valence-electron chi connectivity index (χ1n) is 6.81. The van der Waals surface area contributed by atoms with Gasteiger partial charge in [0.25, 0.3) is 0 Å². The maximum absolute atomic E-state index is 11.7. The van der Waals surface area contributed by atoms with Crippen LogP contribution < -0.4 is 10.6 Å². The van der Waals surface area contributed by atoms with E-state index in [1.807, 2.05) is 30.3 Å². The molecule has 0 saturated heterocycles. The van der Waals surface area contributed by atoms with Crippen molar-refractivity contribution in [3.05, 3.63) is 71.3 Å². The summed E-state index contributed by atoms with van der Waals surface area (Å²) >= 11 is 0. The van der Waals surface area contributed by atoms with Gasteiger partial charge in [-0.25, -0.2) is 0 Å². The largest absolute Gasteiger partial charge is 0.351 e. The van der Waals surface area contributed by atoms with Crippen LogP contribution in [0.1, 0.15) is 16.7 Å². The number of nitrogens with one attached hydrogen (secondary N) is 2. The number of hydrogen-bond acceptors (Lipinski definition) is 2. The fourth-order valence-corrected chi connectivity index (χ4v) is 1.89. The quantitative estimate of drug-likeness (QED) is 0.844. The highest BCUT2D eigenvalue weighted by Crippen LogP contribution is 2.02. The molecule has 2 aromatic carbocycles. The zero-order chi connectivity index (χ0) is 14.2. The van der Waals surface area contributed by atoms with Crippen LogP contribution in [0.2, 0.25) is 0 Å². The Bertz CT molecular complexity index is 535. The zero-order valence-electron chi connectivity index (χ0n) is 11.7. The van der Waals surface area contributed by atoms with Crippen molar-refractivity contribution in [2.75, 3.05) is 6.54 Å². The number of benzene rings is 2. The maximum Gasteiger partial charge on any atom is 0.234 e. The molecule has 104 valence electrons. The van der Waals surface area contributed by atoms with Crippen molar-refractivity contribution in [3.8, 4) is 0 Å². The zero-order valence-corrected chi connectivity index (χ0v) is 11.7. The van der Waals surface area contributed by atoms with E-state index in [0.717, 1.165) is 5.56 Å². The Hall–Kier alpha value is -2.13. The van der Waals surface area contributed by atoms with Crippen LogP contribution in [0.4, 0.5) is 0 Å². The van der Waals surface area contributed by atoms with Gasteiger partial charge < -0.3 is 10.6 Å². The summed E-state index contributed by atoms with van der Waals surface area (Å²) in [6, 6.07) is 18.2. The van der Waals surface area contributed by atoms with Crippen LogP contribution in [0.15, 0.2) is 54.6 Å². The van der Waals surface area contributed by atoms with Gasteiger partial charge in [0.2, 0.25) is 5.91 Å². The Morgan fingerprint density at radius 1 is 0.900 bits per heavy atom. The van der Waals surface area contributed by atoms with Crippen molar-refractivity contribution in [3.63, 3.8) is 0 Å². The Labute approximate surface area is 120 Å². The fraction of sp³-hybridized carbons (Fsp3) is 0.235. The van der Waals surface area contributed by atoms with Crippen LogP contribution >= 0.6 is 0 Å². The molecule has 2 N–H and O–H groups in total. The molecular formula is C17H20N2O. The third kappa shape index (κ3) is 4.86. The minimum Gasteiger partial charge on any atom is -0.351 e. The lowest BCUT2D eigenvalue weighted by Crippen LogP contribution is -2.33. The van der Waals surface area contributed by atoms with E-state index in [1.165, 1.54) is 11.1 Å². The number of carbonyl (C=O) groups is 1. The van der Waals surface area contributed by atoms with Crippen molar-refractivity contribution in [1.82, 2.24) is 10.6 Å². The van der Waals surface area contributed by atoms with Gasteiger partial charge in [-0.1, -0.05) is 60.2 Å². The summed E-state index contributed by atoms with van der Waals surface area (Å²) in [4.78, 5) is 11.7. The standard InChI is InChI=1S/C17H20N2O/c1-14-7-9-16(10-8-14)11-18-13-17(20)19-12-15-5-3-2-4-6-15/h2-10,18H,11-13H2,1H3,(H,19,20). The second-order valence-electron chi connectivity index (χ2n) is 4.85. The summed E-state index contributed by atoms with van der Waals surface area (Å²) in [6.45, 7) is 3.68. The number of carbonyl (C=O) groups excluding carboxylic acids is 1. The van der Waals surface area contributed by atoms with Gasteiger partial charge in [0.1, 0.15) is 0 Å². The molecule has 2 rings (SSSR count). The molecular weight excluding hydrogens is 248 g/mol. The first-order chi connectivity index (χ1) is 9.74. The summed E-state index contributed by atoms with van der Waals surface area (Å²) in [5.41, 5.74) is 3.54. The molecule has 2 aromatic rings. The van der Waals surface area contributed by atoms with Crippen LogP contribution in [-0.2, 0) is 17.9 Å². The molecule has 0 aliphatic rings. The third-order valence-corrected chi connectivity index (χ3v) is 3.07. The van der Waals surface area contributed by atoms with Crippen molar-refractivity contribution in [2.24, 2.45) is 0 Å². The van der Waals surface area contributed by atoms with Gasteiger partial charge in [-0.15, -0.1) is 0 Å². The first-order valence-corrected chi connectivity index (χ1v) is 6.81. The van der Waals surface area contributed by atoms with Crippen molar-refractivity contribution >= 4 is 5.91 Å². The summed E-state index contributed by atoms with van der Waals surface area (Å²) in [6.07, 6.45) is 0. The predicted octanol–water partition coefficient (Wildman–Crippen LogP) is 2.40. The molecule has 0 aromatic heterocycles. The van der Waals surface area contributed by atoms with Gasteiger partial charge in [-0.05, 0) is 18.1 Å². The highest BCUT2D eigenvalue weighted by atomic mass is 16.1. The Morgan fingerprint density at radius 3 is 2.25 bits per heavy atom. The van der Waals surface area contributed by atoms with Gasteiger partial charge in [0.15, 0.2) is 0 Å². The molecule has 0 aliphatic carbocycles. The van der Waals surface area contributed by atoms with Crippen LogP contribution in [0.5, 0.6) is 0 Å². The molecule has 0 radical (unpaired) electrons. The average Bonchev–Trinajstić information content (AvgIpc) is 2.48. The number of aryl methyl sites for hydroxylation is 1. The van der Waals surface area contributed by atoms with Gasteiger partial charge >= 0.3 is 0 Å². The molecule has 3 heteroatoms. The van der Waals surface area contributed by atoms with E-state index >= 15 is 0 Å². The van der Waals surface area contributed by atoms with Crippen LogP contribution in [-0.4, -0.2) is 12.5 Å². The van der Waals surface area contributed by atoms with Gasteiger partial charge in [-0.3, -0.25) is 4.79 Å². The van der Waals surface area contributed by atoms with Gasteiger partial charge in [-0.2, -0.15) is 0 Å². The molecule has 0 atom stereocenters. The van der Waals surface area contributed by atoms with Crippen molar-refractivity contribution in [1.29, 1.82) is 0 Å². The molecule has 0 spiro atoms. The molecule has 0 aliphatic heterocycles. The van der Waals surface area contributed by atoms with E-state index in [0.29, 0.717) is 19.6 Å². The highest BCUT2D eigenvalue weighted by Gasteiger charge is 2.00. The van der Waals surface area contributed by atoms with Gasteiger partial charge in [0.05, 0.1) is 6.54 Å². The summed E-state index contributed by atoms with van der Waals surface area (Å²) in [5, 5.41) is 6.04. The molecule has 1 amide bonds. The predicted molar refractivity (Wildman–Crippen MR) is 81.2 cm³/mol. The highest BCUT2D eigenvalue weighted by molar-refractivity contribution is 5.77. The number of rotatable bonds is 6. The Balaban J connectivity index is 1.66. The van der Waals surface area contributed by atoms with E-state index in [-0.39, 0.29) is 5.91 Å². The Morgan fingerprint density at radius 2 is 1.55 bits per heavy atom. The van der Waals surface area contributed by atoms with Crippen LogP contribution in [0, 0.1) is 6.92 Å². The van der Waals surface area contributed by atoms with E-state index in [9.17, 15) is 4.79 Å². The lowest BCUT2D eigenvalue weighted by Gasteiger charge is -2.07. The molecule has 0 saturated carbocycles. The molecule has 0 unspecified atom stereocenters. The summed E-state index contributed by atoms with van der Waals surface area (Å²) in [7, 11) is 0. The monoisotopic (exact) mass is 268 g/mol. The topological polar surface area (TPSA) is 41.1 Å². The third-order valence-electron chi connectivity index (χ3n) is 3.07. The smallest absolute Gasteiger partial charge is 0.234 e. The minimum absolute atomic E-state index is 0.0148. The average molecular weight is 268 g/mol. The van der Waals surface area contributed by atoms with E-state index < -0.39 is 0 Å². The SMILES string of the molecule is Cc1ccc(CNCC(=O)NCc2ccccc2)cc1. The maximum atomic E-state index is 11.7. The Kier molecular flexibility index (Phi) is 5.33. The lowest BCUT2D eigenvalue weighted by molar-refractivity contribution is -0.120.